The highest BCUT2D eigenvalue weighted by Crippen LogP contribution is 2.35. The third-order valence-corrected chi connectivity index (χ3v) is 6.80. The Morgan fingerprint density at radius 3 is 2.56 bits per heavy atom. The maximum absolute atomic E-state index is 13.4. The van der Waals surface area contributed by atoms with Gasteiger partial charge in [-0.25, -0.2) is 13.5 Å². The zero-order valence-electron chi connectivity index (χ0n) is 21.8. The summed E-state index contributed by atoms with van der Waals surface area (Å²) in [5.74, 6) is -0.122. The Kier molecular flexibility index (Phi) is 8.04. The third kappa shape index (κ3) is 5.93. The van der Waals surface area contributed by atoms with Gasteiger partial charge in [0.1, 0.15) is 18.3 Å². The summed E-state index contributed by atoms with van der Waals surface area (Å²) in [5, 5.41) is 15.9. The zero-order valence-corrected chi connectivity index (χ0v) is 23.3. The number of amides is 1. The molecule has 1 N–H and O–H groups in total. The van der Waals surface area contributed by atoms with Gasteiger partial charge >= 0.3 is 0 Å². The van der Waals surface area contributed by atoms with Crippen LogP contribution < -0.4 is 15.6 Å². The molecule has 212 valence electrons. The predicted octanol–water partition coefficient (Wildman–Crippen LogP) is 5.62. The highest BCUT2D eigenvalue weighted by atomic mass is 35.5. The van der Waals surface area contributed by atoms with Crippen molar-refractivity contribution in [1.82, 2.24) is 29.3 Å². The number of alkyl halides is 2. The van der Waals surface area contributed by atoms with Gasteiger partial charge in [0.15, 0.2) is 5.15 Å². The molecule has 1 unspecified atom stereocenters. The number of hydrogen-bond acceptors (Lipinski definition) is 6. The van der Waals surface area contributed by atoms with E-state index in [4.69, 9.17) is 27.9 Å². The number of pyridine rings is 1. The van der Waals surface area contributed by atoms with Gasteiger partial charge in [0.05, 0.1) is 30.7 Å². The average Bonchev–Trinajstić information content (AvgIpc) is 3.54. The Morgan fingerprint density at radius 1 is 1.07 bits per heavy atom. The summed E-state index contributed by atoms with van der Waals surface area (Å²) in [7, 11) is 1.45. The molecule has 0 bridgehead atoms. The van der Waals surface area contributed by atoms with E-state index >= 15 is 0 Å². The van der Waals surface area contributed by atoms with E-state index in [1.54, 1.807) is 43.3 Å². The summed E-state index contributed by atoms with van der Waals surface area (Å²) >= 11 is 12.3. The van der Waals surface area contributed by atoms with Crippen LogP contribution in [0.1, 0.15) is 19.4 Å². The molecule has 5 aromatic rings. The Labute approximate surface area is 242 Å². The molecule has 0 fully saturated rings. The van der Waals surface area contributed by atoms with Crippen molar-refractivity contribution in [3.05, 3.63) is 81.6 Å². The lowest BCUT2D eigenvalue weighted by molar-refractivity contribution is -0.119. The van der Waals surface area contributed by atoms with Crippen LogP contribution in [0.15, 0.2) is 65.8 Å². The largest absolute Gasteiger partial charge is 0.495 e. The molecule has 0 aliphatic rings. The molecule has 1 amide bonds. The zero-order chi connectivity index (χ0) is 29.3. The predicted molar refractivity (Wildman–Crippen MR) is 151 cm³/mol. The van der Waals surface area contributed by atoms with Crippen molar-refractivity contribution in [2.45, 2.75) is 32.4 Å². The van der Waals surface area contributed by atoms with Gasteiger partial charge in [-0.15, -0.1) is 5.10 Å². The topological polar surface area (TPSA) is 109 Å². The first kappa shape index (κ1) is 28.2. The highest BCUT2D eigenvalue weighted by Gasteiger charge is 2.23. The van der Waals surface area contributed by atoms with E-state index in [2.05, 4.69) is 20.7 Å². The minimum absolute atomic E-state index is 0.186. The lowest BCUT2D eigenvalue weighted by Crippen LogP contribution is -2.32. The van der Waals surface area contributed by atoms with E-state index in [0.717, 1.165) is 4.68 Å². The molecular formula is C27H23Cl2F2N7O3. The van der Waals surface area contributed by atoms with Crippen LogP contribution in [0.4, 0.5) is 14.5 Å². The Morgan fingerprint density at radius 2 is 1.88 bits per heavy atom. The van der Waals surface area contributed by atoms with Crippen molar-refractivity contribution in [1.29, 1.82) is 0 Å². The van der Waals surface area contributed by atoms with Crippen molar-refractivity contribution >= 4 is 45.7 Å². The molecule has 14 heteroatoms. The van der Waals surface area contributed by atoms with Crippen LogP contribution in [0.2, 0.25) is 10.2 Å². The lowest BCUT2D eigenvalue weighted by Gasteiger charge is -2.20. The second-order valence-electron chi connectivity index (χ2n) is 9.08. The van der Waals surface area contributed by atoms with Gasteiger partial charge in [0, 0.05) is 39.5 Å². The number of rotatable bonds is 9. The summed E-state index contributed by atoms with van der Waals surface area (Å²) in [6.45, 7) is 1.25. The number of fused-ring (bicyclic) bond motifs is 1. The van der Waals surface area contributed by atoms with Crippen LogP contribution in [0.5, 0.6) is 5.75 Å². The van der Waals surface area contributed by atoms with E-state index in [-0.39, 0.29) is 5.15 Å². The number of anilines is 1. The fourth-order valence-electron chi connectivity index (χ4n) is 4.55. The van der Waals surface area contributed by atoms with Crippen LogP contribution in [-0.4, -0.2) is 48.8 Å². The number of nitrogens with zero attached hydrogens (tertiary/aromatic N) is 6. The standard InChI is InChI=1S/C27H23Cl2F2N7O3/c1-3-21(27(40)32-17-5-6-20-15(8-17)11-36(34-20)14-25(30)31)37-12-23(41-2)19(10-26(37)39)18-9-16(28)4-7-22(18)38-13-24(29)33-35-38/h4-13,21,25H,3,14H2,1-2H3,(H,32,40). The van der Waals surface area contributed by atoms with Crippen molar-refractivity contribution < 1.29 is 18.3 Å². The van der Waals surface area contributed by atoms with Crippen LogP contribution in [0, 0.1) is 0 Å². The fourth-order valence-corrected chi connectivity index (χ4v) is 4.85. The number of methoxy groups -OCH3 is 1. The summed E-state index contributed by atoms with van der Waals surface area (Å²) in [6.07, 6.45) is 2.23. The van der Waals surface area contributed by atoms with Crippen LogP contribution in [-0.2, 0) is 11.3 Å². The summed E-state index contributed by atoms with van der Waals surface area (Å²) in [4.78, 5) is 26.8. The molecule has 2 aromatic carbocycles. The molecular weight excluding hydrogens is 579 g/mol. The van der Waals surface area contributed by atoms with Gasteiger partial charge in [0.2, 0.25) is 5.91 Å². The highest BCUT2D eigenvalue weighted by molar-refractivity contribution is 6.31. The lowest BCUT2D eigenvalue weighted by atomic mass is 10.0. The molecule has 0 spiro atoms. The first-order valence-corrected chi connectivity index (χ1v) is 13.2. The normalized spacial score (nSPS) is 12.2. The molecule has 0 aliphatic carbocycles. The monoisotopic (exact) mass is 601 g/mol. The molecule has 1 atom stereocenters. The van der Waals surface area contributed by atoms with Crippen LogP contribution >= 0.6 is 23.2 Å². The first-order valence-electron chi connectivity index (χ1n) is 12.4. The van der Waals surface area contributed by atoms with Gasteiger partial charge in [0.25, 0.3) is 12.0 Å². The number of nitrogens with one attached hydrogen (secondary N) is 1. The van der Waals surface area contributed by atoms with E-state index in [0.29, 0.717) is 50.6 Å². The Hall–Kier alpha value is -4.29. The minimum atomic E-state index is -2.54. The van der Waals surface area contributed by atoms with Gasteiger partial charge in [-0.2, -0.15) is 5.10 Å². The molecule has 3 aromatic heterocycles. The summed E-state index contributed by atoms with van der Waals surface area (Å²) in [5.41, 5.74) is 2.03. The number of carbonyl (C=O) groups is 1. The van der Waals surface area contributed by atoms with Gasteiger partial charge < -0.3 is 10.1 Å². The van der Waals surface area contributed by atoms with Gasteiger partial charge in [-0.1, -0.05) is 35.3 Å². The Bertz CT molecular complexity index is 1800. The summed E-state index contributed by atoms with van der Waals surface area (Å²) in [6, 6.07) is 10.4. The number of aromatic nitrogens is 6. The number of carbonyl (C=O) groups excluding carboxylic acids is 1. The minimum Gasteiger partial charge on any atom is -0.495 e. The molecule has 0 saturated heterocycles. The molecule has 41 heavy (non-hydrogen) atoms. The van der Waals surface area contributed by atoms with Crippen LogP contribution in [0.25, 0.3) is 27.7 Å². The first-order chi connectivity index (χ1) is 19.7. The molecule has 0 saturated carbocycles. The fraction of sp³-hybridized carbons (Fsp3) is 0.222. The van der Waals surface area contributed by atoms with Crippen molar-refractivity contribution in [3.8, 4) is 22.6 Å². The third-order valence-electron chi connectivity index (χ3n) is 6.39. The second kappa shape index (κ2) is 11.7. The second-order valence-corrected chi connectivity index (χ2v) is 9.90. The maximum Gasteiger partial charge on any atom is 0.257 e. The number of halogens is 4. The average molecular weight is 602 g/mol. The molecule has 10 nitrogen and oxygen atoms in total. The van der Waals surface area contributed by atoms with Crippen molar-refractivity contribution in [3.63, 3.8) is 0 Å². The van der Waals surface area contributed by atoms with Crippen molar-refractivity contribution in [2.75, 3.05) is 12.4 Å². The number of benzene rings is 2. The van der Waals surface area contributed by atoms with E-state index < -0.39 is 30.5 Å². The van der Waals surface area contributed by atoms with Crippen LogP contribution in [0.3, 0.4) is 0 Å². The van der Waals surface area contributed by atoms with E-state index in [1.807, 2.05) is 0 Å². The Balaban J connectivity index is 1.47. The maximum atomic E-state index is 13.4. The van der Waals surface area contributed by atoms with Gasteiger partial charge in [-0.3, -0.25) is 18.8 Å². The SMILES string of the molecule is CCC(C(=O)Nc1ccc2nn(CC(F)F)cc2c1)n1cc(OC)c(-c2cc(Cl)ccc2-n2cc(Cl)nn2)cc1=O. The summed E-state index contributed by atoms with van der Waals surface area (Å²) < 4.78 is 35.0. The molecule has 3 heterocycles. The van der Waals surface area contributed by atoms with Gasteiger partial charge in [-0.05, 0) is 42.8 Å². The number of hydrogen-bond donors (Lipinski definition) is 1. The smallest absolute Gasteiger partial charge is 0.257 e. The quantitative estimate of drug-likeness (QED) is 0.235. The van der Waals surface area contributed by atoms with E-state index in [9.17, 15) is 18.4 Å². The molecule has 0 radical (unpaired) electrons. The number of ether oxygens (including phenoxy) is 1. The molecule has 0 aliphatic heterocycles. The van der Waals surface area contributed by atoms with E-state index in [1.165, 1.54) is 41.0 Å². The van der Waals surface area contributed by atoms with Crippen molar-refractivity contribution in [2.24, 2.45) is 0 Å². The molecule has 5 rings (SSSR count).